The van der Waals surface area contributed by atoms with Crippen LogP contribution in [-0.2, 0) is 9.47 Å². The highest BCUT2D eigenvalue weighted by atomic mass is 35.5. The quantitative estimate of drug-likeness (QED) is 0.602. The molecule has 0 radical (unpaired) electrons. The lowest BCUT2D eigenvalue weighted by Gasteiger charge is -2.22. The summed E-state index contributed by atoms with van der Waals surface area (Å²) < 4.78 is 12.8. The number of nitrogens with one attached hydrogen (secondary N) is 1. The zero-order valence-electron chi connectivity index (χ0n) is 14.8. The van der Waals surface area contributed by atoms with Crippen molar-refractivity contribution < 1.29 is 14.3 Å². The van der Waals surface area contributed by atoms with Crippen LogP contribution < -0.4 is 0 Å². The number of hydrogen-bond donors (Lipinski definition) is 1. The van der Waals surface area contributed by atoms with Gasteiger partial charge in [-0.2, -0.15) is 5.10 Å². The molecule has 1 aromatic carbocycles. The van der Waals surface area contributed by atoms with E-state index < -0.39 is 5.97 Å². The van der Waals surface area contributed by atoms with E-state index in [9.17, 15) is 4.79 Å². The lowest BCUT2D eigenvalue weighted by molar-refractivity contribution is -0.0394. The van der Waals surface area contributed by atoms with Crippen LogP contribution in [0.25, 0.3) is 22.0 Å². The first kappa shape index (κ1) is 18.3. The van der Waals surface area contributed by atoms with Gasteiger partial charge in [0.2, 0.25) is 0 Å². The maximum absolute atomic E-state index is 12.5. The minimum atomic E-state index is -0.447. The Hall–Kier alpha value is -2.02. The summed E-state index contributed by atoms with van der Waals surface area (Å²) in [7, 11) is 0. The Kier molecular flexibility index (Phi) is 5.12. The molecule has 3 aromatic rings. The molecule has 4 rings (SSSR count). The molecule has 0 amide bonds. The molecule has 2 aromatic heterocycles. The Morgan fingerprint density at radius 2 is 2.26 bits per heavy atom. The number of rotatable bonds is 4. The average Bonchev–Trinajstić information content (AvgIpc) is 3.30. The first-order valence-electron chi connectivity index (χ1n) is 8.93. The minimum absolute atomic E-state index is 0.0817. The summed E-state index contributed by atoms with van der Waals surface area (Å²) in [5.41, 5.74) is 2.42. The van der Waals surface area contributed by atoms with E-state index >= 15 is 0 Å². The number of benzene rings is 1. The van der Waals surface area contributed by atoms with E-state index in [1.165, 1.54) is 0 Å². The lowest BCUT2D eigenvalue weighted by Crippen LogP contribution is -2.18. The second-order valence-electron chi connectivity index (χ2n) is 6.41. The maximum Gasteiger partial charge on any atom is 0.355 e. The van der Waals surface area contributed by atoms with Crippen LogP contribution in [0.4, 0.5) is 0 Å². The van der Waals surface area contributed by atoms with E-state index in [0.717, 1.165) is 36.8 Å². The molecule has 3 heterocycles. The molecular weight excluding hydrogens is 389 g/mol. The van der Waals surface area contributed by atoms with E-state index in [1.807, 2.05) is 12.3 Å². The van der Waals surface area contributed by atoms with Gasteiger partial charge in [-0.3, -0.25) is 0 Å². The Labute approximate surface area is 166 Å². The molecule has 0 spiro atoms. The van der Waals surface area contributed by atoms with Gasteiger partial charge in [-0.25, -0.2) is 9.48 Å². The topological polar surface area (TPSA) is 69.1 Å². The first-order valence-corrected chi connectivity index (χ1v) is 9.68. The van der Waals surface area contributed by atoms with Gasteiger partial charge >= 0.3 is 5.97 Å². The van der Waals surface area contributed by atoms with E-state index in [4.69, 9.17) is 32.7 Å². The lowest BCUT2D eigenvalue weighted by atomic mass is 10.1. The summed E-state index contributed by atoms with van der Waals surface area (Å²) in [5.74, 6) is -0.447. The summed E-state index contributed by atoms with van der Waals surface area (Å²) in [6.45, 7) is 2.77. The van der Waals surface area contributed by atoms with Crippen LogP contribution >= 0.6 is 23.2 Å². The van der Waals surface area contributed by atoms with Crippen molar-refractivity contribution in [2.45, 2.75) is 32.4 Å². The summed E-state index contributed by atoms with van der Waals surface area (Å²) in [6, 6.07) is 3.56. The number of hydrogen-bond acceptors (Lipinski definition) is 4. The van der Waals surface area contributed by atoms with Gasteiger partial charge < -0.3 is 14.5 Å². The van der Waals surface area contributed by atoms with Crippen LogP contribution in [0.5, 0.6) is 0 Å². The minimum Gasteiger partial charge on any atom is -0.461 e. The molecular formula is C19H19Cl2N3O3. The van der Waals surface area contributed by atoms with Crippen molar-refractivity contribution in [2.75, 3.05) is 13.2 Å². The normalized spacial score (nSPS) is 17.4. The van der Waals surface area contributed by atoms with Crippen molar-refractivity contribution in [2.24, 2.45) is 0 Å². The Bertz CT molecular complexity index is 990. The van der Waals surface area contributed by atoms with Crippen molar-refractivity contribution in [3.8, 4) is 11.1 Å². The van der Waals surface area contributed by atoms with E-state index in [-0.39, 0.29) is 12.8 Å². The van der Waals surface area contributed by atoms with Gasteiger partial charge in [-0.05, 0) is 32.3 Å². The standard InChI is InChI=1S/C19H19Cl2N3O3/c1-2-26-19(25)18-15(12-6-7-13(20)16(21)17(12)23-18)11-9-22-24(10-11)14-5-3-4-8-27-14/h6-7,9-10,14,23H,2-5,8H2,1H3. The monoisotopic (exact) mass is 407 g/mol. The molecule has 0 bridgehead atoms. The molecule has 1 atom stereocenters. The van der Waals surface area contributed by atoms with E-state index in [1.54, 1.807) is 23.9 Å². The van der Waals surface area contributed by atoms with Gasteiger partial charge in [0.1, 0.15) is 11.9 Å². The second-order valence-corrected chi connectivity index (χ2v) is 7.19. The number of nitrogens with zero attached hydrogens (tertiary/aromatic N) is 2. The van der Waals surface area contributed by atoms with Gasteiger partial charge in [0.15, 0.2) is 0 Å². The summed E-state index contributed by atoms with van der Waals surface area (Å²) >= 11 is 12.5. The number of esters is 1. The molecule has 0 aliphatic carbocycles. The molecule has 6 nitrogen and oxygen atoms in total. The number of halogens is 2. The number of fused-ring (bicyclic) bond motifs is 1. The van der Waals surface area contributed by atoms with Crippen LogP contribution in [0.15, 0.2) is 24.5 Å². The Morgan fingerprint density at radius 3 is 3.00 bits per heavy atom. The molecule has 27 heavy (non-hydrogen) atoms. The summed E-state index contributed by atoms with van der Waals surface area (Å²) in [4.78, 5) is 15.6. The van der Waals surface area contributed by atoms with Crippen LogP contribution in [-0.4, -0.2) is 33.9 Å². The molecule has 1 N–H and O–H groups in total. The highest BCUT2D eigenvalue weighted by Gasteiger charge is 2.24. The second kappa shape index (κ2) is 7.54. The molecule has 1 aliphatic heterocycles. The van der Waals surface area contributed by atoms with Crippen LogP contribution in [0.3, 0.4) is 0 Å². The van der Waals surface area contributed by atoms with Crippen molar-refractivity contribution >= 4 is 40.1 Å². The fourth-order valence-electron chi connectivity index (χ4n) is 3.42. The Balaban J connectivity index is 1.84. The molecule has 1 saturated heterocycles. The largest absolute Gasteiger partial charge is 0.461 e. The van der Waals surface area contributed by atoms with Gasteiger partial charge in [0.25, 0.3) is 0 Å². The van der Waals surface area contributed by atoms with Crippen molar-refractivity contribution in [3.63, 3.8) is 0 Å². The van der Waals surface area contributed by atoms with Crippen molar-refractivity contribution in [1.29, 1.82) is 0 Å². The average molecular weight is 408 g/mol. The van der Waals surface area contributed by atoms with Crippen LogP contribution in [0, 0.1) is 0 Å². The first-order chi connectivity index (χ1) is 13.1. The van der Waals surface area contributed by atoms with E-state index in [0.29, 0.717) is 26.8 Å². The van der Waals surface area contributed by atoms with Crippen molar-refractivity contribution in [3.05, 3.63) is 40.3 Å². The fraction of sp³-hybridized carbons (Fsp3) is 0.368. The zero-order valence-corrected chi connectivity index (χ0v) is 16.3. The fourth-order valence-corrected chi connectivity index (χ4v) is 3.79. The third-order valence-corrected chi connectivity index (χ3v) is 5.49. The van der Waals surface area contributed by atoms with E-state index in [2.05, 4.69) is 10.1 Å². The highest BCUT2D eigenvalue weighted by molar-refractivity contribution is 6.45. The molecule has 1 fully saturated rings. The number of aromatic nitrogens is 3. The van der Waals surface area contributed by atoms with Gasteiger partial charge in [0, 0.05) is 29.3 Å². The SMILES string of the molecule is CCOC(=O)c1[nH]c2c(Cl)c(Cl)ccc2c1-c1cnn(C2CCCCO2)c1. The summed E-state index contributed by atoms with van der Waals surface area (Å²) in [6.07, 6.45) is 6.63. The predicted octanol–water partition coefficient (Wildman–Crippen LogP) is 5.21. The summed E-state index contributed by atoms with van der Waals surface area (Å²) in [5, 5.41) is 6.03. The van der Waals surface area contributed by atoms with Crippen LogP contribution in [0.1, 0.15) is 42.9 Å². The number of ether oxygens (including phenoxy) is 2. The Morgan fingerprint density at radius 1 is 1.41 bits per heavy atom. The predicted molar refractivity (Wildman–Crippen MR) is 104 cm³/mol. The van der Waals surface area contributed by atoms with Gasteiger partial charge in [-0.1, -0.05) is 29.3 Å². The molecule has 142 valence electrons. The third-order valence-electron chi connectivity index (χ3n) is 4.68. The molecule has 0 saturated carbocycles. The van der Waals surface area contributed by atoms with Gasteiger partial charge in [0.05, 0.1) is 28.4 Å². The number of aromatic amines is 1. The highest BCUT2D eigenvalue weighted by Crippen LogP contribution is 2.39. The third kappa shape index (κ3) is 3.33. The smallest absolute Gasteiger partial charge is 0.355 e. The number of carbonyl (C=O) groups is 1. The zero-order chi connectivity index (χ0) is 19.0. The number of carbonyl (C=O) groups excluding carboxylic acids is 1. The van der Waals surface area contributed by atoms with Crippen LogP contribution in [0.2, 0.25) is 10.0 Å². The number of H-pyrrole nitrogens is 1. The molecule has 1 unspecified atom stereocenters. The molecule has 8 heteroatoms. The van der Waals surface area contributed by atoms with Crippen molar-refractivity contribution in [1.82, 2.24) is 14.8 Å². The molecule has 1 aliphatic rings. The maximum atomic E-state index is 12.5. The van der Waals surface area contributed by atoms with Gasteiger partial charge in [-0.15, -0.1) is 0 Å².